The Morgan fingerprint density at radius 1 is 1.11 bits per heavy atom. The normalized spacial score (nSPS) is 15.5. The van der Waals surface area contributed by atoms with Gasteiger partial charge in [-0.15, -0.1) is 0 Å². The highest BCUT2D eigenvalue weighted by Crippen LogP contribution is 2.34. The number of benzene rings is 2. The van der Waals surface area contributed by atoms with Crippen molar-refractivity contribution in [1.82, 2.24) is 4.90 Å². The largest absolute Gasteiger partial charge is 0.465 e. The molecule has 0 spiro atoms. The number of carbonyl (C=O) groups is 2. The van der Waals surface area contributed by atoms with Gasteiger partial charge in [-0.1, -0.05) is 59.1 Å². The molecule has 0 radical (unpaired) electrons. The van der Waals surface area contributed by atoms with Crippen molar-refractivity contribution in [3.8, 4) is 0 Å². The lowest BCUT2D eigenvalue weighted by Gasteiger charge is -2.18. The van der Waals surface area contributed by atoms with Crippen LogP contribution >= 0.6 is 23.2 Å². The van der Waals surface area contributed by atoms with Crippen LogP contribution in [-0.2, 0) is 20.9 Å². The first-order valence-corrected chi connectivity index (χ1v) is 9.41. The summed E-state index contributed by atoms with van der Waals surface area (Å²) in [6.45, 7) is 4.10. The van der Waals surface area contributed by atoms with E-state index in [0.717, 1.165) is 11.1 Å². The molecule has 0 saturated heterocycles. The first-order valence-electron chi connectivity index (χ1n) is 8.65. The molecule has 0 aliphatic carbocycles. The van der Waals surface area contributed by atoms with E-state index in [0.29, 0.717) is 27.9 Å². The second-order valence-corrected chi connectivity index (χ2v) is 7.40. The molecule has 0 atom stereocenters. The number of halogens is 2. The second-order valence-electron chi connectivity index (χ2n) is 6.55. The summed E-state index contributed by atoms with van der Waals surface area (Å²) in [5.41, 5.74) is 3.74. The molecule has 2 aromatic carbocycles. The number of amides is 1. The van der Waals surface area contributed by atoms with E-state index < -0.39 is 5.97 Å². The maximum atomic E-state index is 13.1. The fourth-order valence-corrected chi connectivity index (χ4v) is 3.53. The number of hydrogen-bond donors (Lipinski definition) is 0. The topological polar surface area (TPSA) is 46.6 Å². The molecule has 4 nitrogen and oxygen atoms in total. The average molecular weight is 416 g/mol. The highest BCUT2D eigenvalue weighted by atomic mass is 35.5. The van der Waals surface area contributed by atoms with Gasteiger partial charge in [0.05, 0.1) is 24.8 Å². The minimum atomic E-state index is -0.561. The fraction of sp³-hybridized carbons (Fsp3) is 0.182. The van der Waals surface area contributed by atoms with E-state index in [4.69, 9.17) is 27.9 Å². The zero-order valence-corrected chi connectivity index (χ0v) is 17.3. The van der Waals surface area contributed by atoms with Crippen LogP contribution in [0.25, 0.3) is 6.08 Å². The van der Waals surface area contributed by atoms with Crippen LogP contribution in [-0.4, -0.2) is 23.9 Å². The Balaban J connectivity index is 2.04. The molecule has 144 valence electrons. The molecular formula is C22H19Cl2NO3. The van der Waals surface area contributed by atoms with Crippen LogP contribution in [0.5, 0.6) is 0 Å². The molecule has 3 rings (SSSR count). The fourth-order valence-electron chi connectivity index (χ4n) is 3.07. The molecule has 0 unspecified atom stereocenters. The minimum absolute atomic E-state index is 0.241. The number of ether oxygens (including phenoxy) is 1. The molecule has 0 fully saturated rings. The maximum absolute atomic E-state index is 13.1. The number of methoxy groups -OCH3 is 1. The van der Waals surface area contributed by atoms with E-state index in [1.54, 1.807) is 36.1 Å². The molecule has 1 heterocycles. The standard InChI is InChI=1S/C22H19Cl2NO3/c1-13-4-6-15(7-5-13)12-25-14(2)20(22(27)28-3)18(21(25)26)10-16-8-9-17(23)11-19(16)24/h4-11H,12H2,1-3H3. The molecule has 0 N–H and O–H groups in total. The smallest absolute Gasteiger partial charge is 0.340 e. The molecule has 0 bridgehead atoms. The summed E-state index contributed by atoms with van der Waals surface area (Å²) < 4.78 is 4.91. The van der Waals surface area contributed by atoms with Crippen LogP contribution in [0.1, 0.15) is 23.6 Å². The molecule has 6 heteroatoms. The van der Waals surface area contributed by atoms with Gasteiger partial charge in [-0.25, -0.2) is 4.79 Å². The number of carbonyl (C=O) groups excluding carboxylic acids is 2. The summed E-state index contributed by atoms with van der Waals surface area (Å²) in [6.07, 6.45) is 1.60. The third-order valence-electron chi connectivity index (χ3n) is 4.62. The van der Waals surface area contributed by atoms with Gasteiger partial charge in [0.1, 0.15) is 0 Å². The lowest BCUT2D eigenvalue weighted by atomic mass is 10.0. The molecule has 0 saturated carbocycles. The molecule has 1 aliphatic rings. The summed E-state index contributed by atoms with van der Waals surface area (Å²) in [4.78, 5) is 27.1. The second kappa shape index (κ2) is 8.21. The monoisotopic (exact) mass is 415 g/mol. The van der Waals surface area contributed by atoms with Gasteiger partial charge in [0.25, 0.3) is 5.91 Å². The minimum Gasteiger partial charge on any atom is -0.465 e. The van der Waals surface area contributed by atoms with E-state index in [-0.39, 0.29) is 17.1 Å². The summed E-state index contributed by atoms with van der Waals surface area (Å²) in [7, 11) is 1.29. The SMILES string of the molecule is COC(=O)C1=C(C)N(Cc2ccc(C)cc2)C(=O)C1=Cc1ccc(Cl)cc1Cl. The van der Waals surface area contributed by atoms with Crippen LogP contribution in [0.15, 0.2) is 59.3 Å². The lowest BCUT2D eigenvalue weighted by Crippen LogP contribution is -2.24. The quantitative estimate of drug-likeness (QED) is 0.510. The van der Waals surface area contributed by atoms with Crippen LogP contribution in [0.4, 0.5) is 0 Å². The summed E-state index contributed by atoms with van der Waals surface area (Å²) >= 11 is 12.2. The Bertz CT molecular complexity index is 1010. The number of nitrogens with zero attached hydrogens (tertiary/aromatic N) is 1. The Kier molecular flexibility index (Phi) is 5.92. The Labute approximate surface area is 174 Å². The number of rotatable bonds is 4. The van der Waals surface area contributed by atoms with Crippen molar-refractivity contribution in [2.75, 3.05) is 7.11 Å². The third-order valence-corrected chi connectivity index (χ3v) is 5.19. The number of aryl methyl sites for hydroxylation is 1. The van der Waals surface area contributed by atoms with Crippen molar-refractivity contribution in [3.63, 3.8) is 0 Å². The molecular weight excluding hydrogens is 397 g/mol. The van der Waals surface area contributed by atoms with Crippen molar-refractivity contribution in [2.45, 2.75) is 20.4 Å². The lowest BCUT2D eigenvalue weighted by molar-refractivity contribution is -0.136. The van der Waals surface area contributed by atoms with Gasteiger partial charge in [0.2, 0.25) is 0 Å². The van der Waals surface area contributed by atoms with Crippen LogP contribution in [0.2, 0.25) is 10.0 Å². The third kappa shape index (κ3) is 3.98. The Morgan fingerprint density at radius 2 is 1.79 bits per heavy atom. The number of esters is 1. The molecule has 28 heavy (non-hydrogen) atoms. The first-order chi connectivity index (χ1) is 13.3. The summed E-state index contributed by atoms with van der Waals surface area (Å²) in [5.74, 6) is -0.835. The van der Waals surface area contributed by atoms with Gasteiger partial charge >= 0.3 is 5.97 Å². The highest BCUT2D eigenvalue weighted by molar-refractivity contribution is 6.35. The predicted octanol–water partition coefficient (Wildman–Crippen LogP) is 5.17. The zero-order chi connectivity index (χ0) is 20.4. The predicted molar refractivity (Wildman–Crippen MR) is 111 cm³/mol. The van der Waals surface area contributed by atoms with Crippen molar-refractivity contribution in [3.05, 3.63) is 86.0 Å². The maximum Gasteiger partial charge on any atom is 0.340 e. The Morgan fingerprint density at radius 3 is 2.39 bits per heavy atom. The van der Waals surface area contributed by atoms with E-state index >= 15 is 0 Å². The van der Waals surface area contributed by atoms with Gasteiger partial charge in [-0.3, -0.25) is 4.79 Å². The number of hydrogen-bond acceptors (Lipinski definition) is 3. The van der Waals surface area contributed by atoms with Crippen molar-refractivity contribution in [2.24, 2.45) is 0 Å². The van der Waals surface area contributed by atoms with Crippen LogP contribution < -0.4 is 0 Å². The van der Waals surface area contributed by atoms with Crippen molar-refractivity contribution >= 4 is 41.2 Å². The van der Waals surface area contributed by atoms with Gasteiger partial charge in [-0.2, -0.15) is 0 Å². The molecule has 1 aliphatic heterocycles. The summed E-state index contributed by atoms with van der Waals surface area (Å²) in [6, 6.07) is 12.9. The molecule has 1 amide bonds. The number of allylic oxidation sites excluding steroid dienone is 1. The van der Waals surface area contributed by atoms with E-state index in [1.807, 2.05) is 31.2 Å². The van der Waals surface area contributed by atoms with E-state index in [1.165, 1.54) is 7.11 Å². The Hall–Kier alpha value is -2.56. The van der Waals surface area contributed by atoms with Gasteiger partial charge < -0.3 is 9.64 Å². The summed E-state index contributed by atoms with van der Waals surface area (Å²) in [5, 5.41) is 0.887. The zero-order valence-electron chi connectivity index (χ0n) is 15.8. The highest BCUT2D eigenvalue weighted by Gasteiger charge is 2.37. The molecule has 2 aromatic rings. The van der Waals surface area contributed by atoms with Crippen LogP contribution in [0.3, 0.4) is 0 Å². The van der Waals surface area contributed by atoms with Crippen LogP contribution in [0, 0.1) is 6.92 Å². The van der Waals surface area contributed by atoms with Gasteiger partial charge in [0.15, 0.2) is 0 Å². The molecule has 0 aromatic heterocycles. The van der Waals surface area contributed by atoms with Crippen molar-refractivity contribution < 1.29 is 14.3 Å². The van der Waals surface area contributed by atoms with Crippen molar-refractivity contribution in [1.29, 1.82) is 0 Å². The van der Waals surface area contributed by atoms with E-state index in [2.05, 4.69) is 0 Å². The average Bonchev–Trinajstić information content (AvgIpc) is 2.89. The van der Waals surface area contributed by atoms with E-state index in [9.17, 15) is 9.59 Å². The first kappa shape index (κ1) is 20.2. The van der Waals surface area contributed by atoms with Gasteiger partial charge in [-0.05, 0) is 43.2 Å². The van der Waals surface area contributed by atoms with Gasteiger partial charge in [0, 0.05) is 15.7 Å².